The van der Waals surface area contributed by atoms with Crippen molar-refractivity contribution in [3.63, 3.8) is 0 Å². The van der Waals surface area contributed by atoms with E-state index in [0.717, 1.165) is 5.56 Å². The van der Waals surface area contributed by atoms with Gasteiger partial charge in [-0.25, -0.2) is 0 Å². The smallest absolute Gasteiger partial charge is 0.227 e. The number of oxime groups is 1. The summed E-state index contributed by atoms with van der Waals surface area (Å²) in [5, 5.41) is 18.5. The third-order valence-electron chi connectivity index (χ3n) is 2.61. The standard InChI is InChI=1S/C12H16N6O2/c1-8-16-11(20-18-8)3-4-14-7-9-2-5-15-10(6-9)12(13)17-19/h2,5-6,14,19H,3-4,7H2,1H3,(H2,13,17). The van der Waals surface area contributed by atoms with Gasteiger partial charge in [0.15, 0.2) is 11.7 Å². The van der Waals surface area contributed by atoms with Gasteiger partial charge in [0.1, 0.15) is 5.69 Å². The zero-order valence-electron chi connectivity index (χ0n) is 11.1. The molecule has 0 aliphatic carbocycles. The first-order valence-electron chi connectivity index (χ1n) is 6.12. The van der Waals surface area contributed by atoms with Crippen molar-refractivity contribution >= 4 is 5.84 Å². The number of amidine groups is 1. The summed E-state index contributed by atoms with van der Waals surface area (Å²) < 4.78 is 5.01. The SMILES string of the molecule is Cc1noc(CCNCc2ccnc(/C(N)=N/O)c2)n1. The minimum Gasteiger partial charge on any atom is -0.409 e. The van der Waals surface area contributed by atoms with Crippen LogP contribution in [-0.2, 0) is 13.0 Å². The Balaban J connectivity index is 1.82. The predicted octanol–water partition coefficient (Wildman–Crippen LogP) is 0.200. The van der Waals surface area contributed by atoms with Gasteiger partial charge in [-0.05, 0) is 24.6 Å². The summed E-state index contributed by atoms with van der Waals surface area (Å²) >= 11 is 0. The zero-order valence-corrected chi connectivity index (χ0v) is 11.1. The fourth-order valence-electron chi connectivity index (χ4n) is 1.65. The molecule has 0 saturated heterocycles. The Bertz CT molecular complexity index is 595. The lowest BCUT2D eigenvalue weighted by atomic mass is 10.2. The third kappa shape index (κ3) is 3.75. The Labute approximate surface area is 115 Å². The van der Waals surface area contributed by atoms with Crippen LogP contribution in [0.3, 0.4) is 0 Å². The predicted molar refractivity (Wildman–Crippen MR) is 71.2 cm³/mol. The van der Waals surface area contributed by atoms with E-state index in [1.54, 1.807) is 19.2 Å². The van der Waals surface area contributed by atoms with E-state index in [9.17, 15) is 0 Å². The molecule has 2 aromatic rings. The number of nitrogens with two attached hydrogens (primary N) is 1. The molecule has 0 unspecified atom stereocenters. The molecule has 0 spiro atoms. The van der Waals surface area contributed by atoms with Gasteiger partial charge >= 0.3 is 0 Å². The Morgan fingerprint density at radius 1 is 1.55 bits per heavy atom. The second-order valence-corrected chi connectivity index (χ2v) is 4.20. The van der Waals surface area contributed by atoms with E-state index < -0.39 is 0 Å². The van der Waals surface area contributed by atoms with Crippen molar-refractivity contribution in [2.45, 2.75) is 19.9 Å². The quantitative estimate of drug-likeness (QED) is 0.226. The van der Waals surface area contributed by atoms with Gasteiger partial charge in [0, 0.05) is 25.7 Å². The molecule has 2 aromatic heterocycles. The fraction of sp³-hybridized carbons (Fsp3) is 0.333. The summed E-state index contributed by atoms with van der Waals surface area (Å²) in [5.41, 5.74) is 6.92. The maximum atomic E-state index is 8.61. The first-order chi connectivity index (χ1) is 9.69. The van der Waals surface area contributed by atoms with Crippen LogP contribution >= 0.6 is 0 Å². The molecule has 2 rings (SSSR count). The molecule has 8 heteroatoms. The molecule has 106 valence electrons. The van der Waals surface area contributed by atoms with Crippen molar-refractivity contribution in [3.8, 4) is 0 Å². The van der Waals surface area contributed by atoms with Crippen molar-refractivity contribution in [1.82, 2.24) is 20.4 Å². The summed E-state index contributed by atoms with van der Waals surface area (Å²) in [6.07, 6.45) is 2.28. The minimum atomic E-state index is -0.00631. The highest BCUT2D eigenvalue weighted by Gasteiger charge is 2.04. The number of aryl methyl sites for hydroxylation is 1. The Hall–Kier alpha value is -2.48. The average molecular weight is 276 g/mol. The fourth-order valence-corrected chi connectivity index (χ4v) is 1.65. The molecule has 0 radical (unpaired) electrons. The molecule has 2 heterocycles. The van der Waals surface area contributed by atoms with Crippen LogP contribution in [0.25, 0.3) is 0 Å². The molecular formula is C12H16N6O2. The molecule has 0 fully saturated rings. The van der Waals surface area contributed by atoms with E-state index >= 15 is 0 Å². The highest BCUT2D eigenvalue weighted by atomic mass is 16.5. The van der Waals surface area contributed by atoms with Gasteiger partial charge < -0.3 is 20.8 Å². The van der Waals surface area contributed by atoms with Gasteiger partial charge in [0.05, 0.1) is 0 Å². The van der Waals surface area contributed by atoms with Gasteiger partial charge in [-0.2, -0.15) is 4.98 Å². The number of pyridine rings is 1. The lowest BCUT2D eigenvalue weighted by Gasteiger charge is -2.04. The van der Waals surface area contributed by atoms with E-state index in [0.29, 0.717) is 36.9 Å². The number of hydrogen-bond acceptors (Lipinski definition) is 7. The molecule has 4 N–H and O–H groups in total. The largest absolute Gasteiger partial charge is 0.409 e. The average Bonchev–Trinajstić information content (AvgIpc) is 2.88. The highest BCUT2D eigenvalue weighted by molar-refractivity contribution is 5.95. The molecular weight excluding hydrogens is 260 g/mol. The third-order valence-corrected chi connectivity index (χ3v) is 2.61. The summed E-state index contributed by atoms with van der Waals surface area (Å²) in [6.45, 7) is 3.14. The Morgan fingerprint density at radius 2 is 2.40 bits per heavy atom. The van der Waals surface area contributed by atoms with Crippen LogP contribution in [0.1, 0.15) is 23.0 Å². The van der Waals surface area contributed by atoms with Gasteiger partial charge in [0.25, 0.3) is 0 Å². The van der Waals surface area contributed by atoms with Crippen LogP contribution in [0, 0.1) is 6.92 Å². The number of rotatable bonds is 6. The van der Waals surface area contributed by atoms with Crippen LogP contribution < -0.4 is 11.1 Å². The van der Waals surface area contributed by atoms with Gasteiger partial charge in [0.2, 0.25) is 5.89 Å². The summed E-state index contributed by atoms with van der Waals surface area (Å²) in [7, 11) is 0. The molecule has 0 saturated carbocycles. The maximum Gasteiger partial charge on any atom is 0.227 e. The second-order valence-electron chi connectivity index (χ2n) is 4.20. The Kier molecular flexibility index (Phi) is 4.61. The first kappa shape index (κ1) is 13.9. The van der Waals surface area contributed by atoms with E-state index in [4.69, 9.17) is 15.5 Å². The van der Waals surface area contributed by atoms with Crippen LogP contribution in [0.4, 0.5) is 0 Å². The van der Waals surface area contributed by atoms with Crippen molar-refractivity contribution in [2.24, 2.45) is 10.9 Å². The Morgan fingerprint density at radius 3 is 3.10 bits per heavy atom. The topological polar surface area (TPSA) is 122 Å². The zero-order chi connectivity index (χ0) is 14.4. The molecule has 20 heavy (non-hydrogen) atoms. The van der Waals surface area contributed by atoms with Gasteiger partial charge in [-0.3, -0.25) is 4.98 Å². The van der Waals surface area contributed by atoms with Crippen molar-refractivity contribution in [3.05, 3.63) is 41.3 Å². The molecule has 0 atom stereocenters. The van der Waals surface area contributed by atoms with Crippen LogP contribution in [0.15, 0.2) is 28.0 Å². The van der Waals surface area contributed by atoms with Crippen LogP contribution in [-0.4, -0.2) is 32.7 Å². The molecule has 0 aliphatic rings. The van der Waals surface area contributed by atoms with Gasteiger partial charge in [-0.15, -0.1) is 0 Å². The van der Waals surface area contributed by atoms with Crippen LogP contribution in [0.5, 0.6) is 0 Å². The normalized spacial score (nSPS) is 11.8. The van der Waals surface area contributed by atoms with E-state index in [2.05, 4.69) is 25.6 Å². The molecule has 0 aromatic carbocycles. The van der Waals surface area contributed by atoms with Gasteiger partial charge in [-0.1, -0.05) is 10.3 Å². The summed E-state index contributed by atoms with van der Waals surface area (Å²) in [6, 6.07) is 3.62. The number of nitrogens with one attached hydrogen (secondary N) is 1. The first-order valence-corrected chi connectivity index (χ1v) is 6.12. The number of nitrogens with zero attached hydrogens (tertiary/aromatic N) is 4. The molecule has 0 bridgehead atoms. The lowest BCUT2D eigenvalue weighted by Crippen LogP contribution is -2.19. The molecule has 0 aliphatic heterocycles. The van der Waals surface area contributed by atoms with E-state index in [1.807, 2.05) is 6.07 Å². The number of aromatic nitrogens is 3. The van der Waals surface area contributed by atoms with Crippen molar-refractivity contribution < 1.29 is 9.73 Å². The van der Waals surface area contributed by atoms with Crippen molar-refractivity contribution in [2.75, 3.05) is 6.54 Å². The molecule has 8 nitrogen and oxygen atoms in total. The lowest BCUT2D eigenvalue weighted by molar-refractivity contribution is 0.318. The van der Waals surface area contributed by atoms with E-state index in [1.165, 1.54) is 0 Å². The second kappa shape index (κ2) is 6.62. The monoisotopic (exact) mass is 276 g/mol. The number of hydrogen-bond donors (Lipinski definition) is 3. The summed E-state index contributed by atoms with van der Waals surface area (Å²) in [4.78, 5) is 8.13. The minimum absolute atomic E-state index is 0.00631. The van der Waals surface area contributed by atoms with E-state index in [-0.39, 0.29) is 5.84 Å². The molecule has 0 amide bonds. The van der Waals surface area contributed by atoms with Crippen LogP contribution in [0.2, 0.25) is 0 Å². The van der Waals surface area contributed by atoms with Crippen molar-refractivity contribution in [1.29, 1.82) is 0 Å². The highest BCUT2D eigenvalue weighted by Crippen LogP contribution is 2.02. The maximum absolute atomic E-state index is 8.61. The summed E-state index contributed by atoms with van der Waals surface area (Å²) in [5.74, 6) is 1.24.